The number of ketones is 1. The molecule has 1 aromatic carbocycles. The van der Waals surface area contributed by atoms with Crippen molar-refractivity contribution in [2.45, 2.75) is 33.2 Å². The van der Waals surface area contributed by atoms with Crippen molar-refractivity contribution in [3.8, 4) is 5.75 Å². The first-order valence-corrected chi connectivity index (χ1v) is 7.63. The molecular formula is C18H20FNO3. The quantitative estimate of drug-likeness (QED) is 0.581. The van der Waals surface area contributed by atoms with E-state index in [4.69, 9.17) is 4.74 Å². The summed E-state index contributed by atoms with van der Waals surface area (Å²) in [7, 11) is 0. The maximum atomic E-state index is 13.0. The second kappa shape index (κ2) is 7.72. The molecule has 2 aromatic rings. The zero-order chi connectivity index (χ0) is 16.8. The van der Waals surface area contributed by atoms with Gasteiger partial charge in [-0.05, 0) is 31.0 Å². The molecule has 0 radical (unpaired) electrons. The van der Waals surface area contributed by atoms with Crippen LogP contribution in [-0.4, -0.2) is 17.0 Å². The Kier molecular flexibility index (Phi) is 5.68. The largest absolute Gasteiger partial charge is 0.488 e. The third-order valence-corrected chi connectivity index (χ3v) is 3.46. The van der Waals surface area contributed by atoms with E-state index >= 15 is 0 Å². The molecule has 2 rings (SSSR count). The van der Waals surface area contributed by atoms with E-state index < -0.39 is 0 Å². The fraction of sp³-hybridized carbons (Fsp3) is 0.333. The molecule has 0 unspecified atom stereocenters. The van der Waals surface area contributed by atoms with Crippen LogP contribution in [0.2, 0.25) is 0 Å². The Bertz CT molecular complexity index is 735. The Morgan fingerprint density at radius 3 is 2.52 bits per heavy atom. The monoisotopic (exact) mass is 317 g/mol. The molecule has 0 bridgehead atoms. The van der Waals surface area contributed by atoms with E-state index in [1.54, 1.807) is 22.9 Å². The van der Waals surface area contributed by atoms with Crippen LogP contribution in [0, 0.1) is 5.82 Å². The number of benzene rings is 1. The van der Waals surface area contributed by atoms with Crippen LogP contribution in [0.5, 0.6) is 5.75 Å². The smallest absolute Gasteiger partial charge is 0.234 e. The van der Waals surface area contributed by atoms with Crippen molar-refractivity contribution >= 4 is 5.78 Å². The van der Waals surface area contributed by atoms with Gasteiger partial charge in [-0.25, -0.2) is 4.39 Å². The van der Waals surface area contributed by atoms with E-state index in [-0.39, 0.29) is 28.3 Å². The summed E-state index contributed by atoms with van der Waals surface area (Å²) in [6, 6.07) is 6.09. The second-order valence-electron chi connectivity index (χ2n) is 5.42. The van der Waals surface area contributed by atoms with Crippen LogP contribution in [0.1, 0.15) is 42.6 Å². The third-order valence-electron chi connectivity index (χ3n) is 3.46. The summed E-state index contributed by atoms with van der Waals surface area (Å²) in [5.41, 5.74) is 0.578. The second-order valence-corrected chi connectivity index (χ2v) is 5.42. The fourth-order valence-electron chi connectivity index (χ4n) is 2.18. The van der Waals surface area contributed by atoms with Crippen molar-refractivity contribution in [1.29, 1.82) is 0 Å². The van der Waals surface area contributed by atoms with Crippen molar-refractivity contribution in [2.75, 3.05) is 6.61 Å². The summed E-state index contributed by atoms with van der Waals surface area (Å²) in [6.45, 7) is 4.24. The fourth-order valence-corrected chi connectivity index (χ4v) is 2.18. The van der Waals surface area contributed by atoms with Gasteiger partial charge in [0.1, 0.15) is 5.82 Å². The van der Waals surface area contributed by atoms with Crippen LogP contribution in [0.25, 0.3) is 0 Å². The highest BCUT2D eigenvalue weighted by molar-refractivity contribution is 5.94. The van der Waals surface area contributed by atoms with Crippen LogP contribution in [0.4, 0.5) is 4.39 Å². The Morgan fingerprint density at radius 2 is 1.91 bits per heavy atom. The number of carbonyl (C=O) groups excluding carboxylic acids is 1. The molecule has 0 amide bonds. The van der Waals surface area contributed by atoms with Gasteiger partial charge in [-0.1, -0.05) is 25.5 Å². The van der Waals surface area contributed by atoms with E-state index in [0.29, 0.717) is 13.2 Å². The van der Waals surface area contributed by atoms with Gasteiger partial charge in [-0.3, -0.25) is 9.59 Å². The Morgan fingerprint density at radius 1 is 1.22 bits per heavy atom. The molecule has 1 aromatic heterocycles. The molecule has 122 valence electrons. The summed E-state index contributed by atoms with van der Waals surface area (Å²) in [6.07, 6.45) is 4.90. The lowest BCUT2D eigenvalue weighted by atomic mass is 10.1. The van der Waals surface area contributed by atoms with E-state index in [2.05, 4.69) is 0 Å². The van der Waals surface area contributed by atoms with Gasteiger partial charge in [0.2, 0.25) is 5.43 Å². The molecule has 0 spiro atoms. The molecule has 0 aliphatic rings. The van der Waals surface area contributed by atoms with Crippen LogP contribution in [0.15, 0.2) is 41.5 Å². The van der Waals surface area contributed by atoms with Crippen LogP contribution >= 0.6 is 0 Å². The molecule has 23 heavy (non-hydrogen) atoms. The third kappa shape index (κ3) is 4.52. The number of ether oxygens (including phenoxy) is 1. The molecule has 4 nitrogen and oxygen atoms in total. The maximum absolute atomic E-state index is 13.0. The van der Waals surface area contributed by atoms with Crippen molar-refractivity contribution in [3.63, 3.8) is 0 Å². The van der Waals surface area contributed by atoms with Crippen LogP contribution < -0.4 is 10.2 Å². The van der Waals surface area contributed by atoms with Gasteiger partial charge in [-0.15, -0.1) is 0 Å². The van der Waals surface area contributed by atoms with Crippen molar-refractivity contribution in [2.24, 2.45) is 0 Å². The zero-order valence-electron chi connectivity index (χ0n) is 13.3. The topological polar surface area (TPSA) is 48.3 Å². The minimum absolute atomic E-state index is 0.0983. The van der Waals surface area contributed by atoms with Crippen molar-refractivity contribution in [3.05, 3.63) is 63.8 Å². The van der Waals surface area contributed by atoms with Gasteiger partial charge in [0.15, 0.2) is 11.5 Å². The molecule has 0 atom stereocenters. The normalized spacial score (nSPS) is 10.6. The number of Topliss-reactive ketones (excluding diaryl/α,β-unsaturated/α-hetero) is 1. The lowest BCUT2D eigenvalue weighted by Gasteiger charge is -2.12. The van der Waals surface area contributed by atoms with Crippen molar-refractivity contribution in [1.82, 2.24) is 4.57 Å². The average Bonchev–Trinajstić information content (AvgIpc) is 2.52. The Balaban J connectivity index is 2.32. The number of halogens is 1. The van der Waals surface area contributed by atoms with Gasteiger partial charge in [-0.2, -0.15) is 0 Å². The molecule has 0 saturated heterocycles. The average molecular weight is 317 g/mol. The number of nitrogens with zero attached hydrogens (tertiary/aromatic N) is 1. The summed E-state index contributed by atoms with van der Waals surface area (Å²) in [5, 5.41) is 0. The highest BCUT2D eigenvalue weighted by Crippen LogP contribution is 2.11. The molecule has 1 heterocycles. The molecule has 0 N–H and O–H groups in total. The Hall–Kier alpha value is -2.43. The minimum atomic E-state index is -0.385. The first-order valence-electron chi connectivity index (χ1n) is 7.63. The highest BCUT2D eigenvalue weighted by Gasteiger charge is 2.13. The number of aromatic nitrogens is 1. The SMILES string of the molecule is CCCCOc1cn(Cc2ccc(F)cc2)cc(C(C)=O)c1=O. The summed E-state index contributed by atoms with van der Waals surface area (Å²) in [4.78, 5) is 23.9. The summed E-state index contributed by atoms with van der Waals surface area (Å²) in [5.74, 6) is -0.432. The summed E-state index contributed by atoms with van der Waals surface area (Å²) < 4.78 is 20.2. The van der Waals surface area contributed by atoms with Crippen molar-refractivity contribution < 1.29 is 13.9 Å². The standard InChI is InChI=1S/C18H20FNO3/c1-3-4-9-23-17-12-20(11-16(13(2)21)18(17)22)10-14-5-7-15(19)8-6-14/h5-8,11-12H,3-4,9-10H2,1-2H3. The van der Waals surface area contributed by atoms with E-state index in [9.17, 15) is 14.0 Å². The predicted molar refractivity (Wildman–Crippen MR) is 86.6 cm³/mol. The van der Waals surface area contributed by atoms with Gasteiger partial charge < -0.3 is 9.30 Å². The first-order chi connectivity index (χ1) is 11.0. The molecule has 0 saturated carbocycles. The molecule has 0 aliphatic carbocycles. The lowest BCUT2D eigenvalue weighted by molar-refractivity contribution is 0.101. The number of hydrogen-bond acceptors (Lipinski definition) is 3. The number of hydrogen-bond donors (Lipinski definition) is 0. The van der Waals surface area contributed by atoms with Gasteiger partial charge >= 0.3 is 0 Å². The first kappa shape index (κ1) is 16.9. The zero-order valence-corrected chi connectivity index (χ0v) is 13.3. The van der Waals surface area contributed by atoms with E-state index in [0.717, 1.165) is 18.4 Å². The highest BCUT2D eigenvalue weighted by atomic mass is 19.1. The lowest BCUT2D eigenvalue weighted by Crippen LogP contribution is -2.20. The minimum Gasteiger partial charge on any atom is -0.488 e. The molecular weight excluding hydrogens is 297 g/mol. The number of pyridine rings is 1. The summed E-state index contributed by atoms with van der Waals surface area (Å²) >= 11 is 0. The maximum Gasteiger partial charge on any atom is 0.234 e. The van der Waals surface area contributed by atoms with Crippen LogP contribution in [0.3, 0.4) is 0 Å². The number of rotatable bonds is 7. The van der Waals surface area contributed by atoms with Crippen LogP contribution in [-0.2, 0) is 6.54 Å². The number of carbonyl (C=O) groups is 1. The molecule has 5 heteroatoms. The van der Waals surface area contributed by atoms with E-state index in [1.807, 2.05) is 6.92 Å². The predicted octanol–water partition coefficient (Wildman–Crippen LogP) is 3.42. The number of unbranched alkanes of at least 4 members (excludes halogenated alkanes) is 1. The van der Waals surface area contributed by atoms with Gasteiger partial charge in [0.25, 0.3) is 0 Å². The van der Waals surface area contributed by atoms with Gasteiger partial charge in [0.05, 0.1) is 18.4 Å². The molecule has 0 aliphatic heterocycles. The molecule has 0 fully saturated rings. The van der Waals surface area contributed by atoms with Gasteiger partial charge in [0, 0.05) is 12.7 Å². The van der Waals surface area contributed by atoms with E-state index in [1.165, 1.54) is 25.3 Å². The Labute approximate surface area is 134 Å².